The summed E-state index contributed by atoms with van der Waals surface area (Å²) in [6, 6.07) is 6.05. The lowest BCUT2D eigenvalue weighted by Crippen LogP contribution is -2.49. The molecule has 1 spiro atoms. The molecular weight excluding hydrogens is 424 g/mol. The second-order valence-corrected chi connectivity index (χ2v) is 12.8. The molecule has 1 amide bonds. The molecule has 0 unspecified atom stereocenters. The van der Waals surface area contributed by atoms with E-state index in [4.69, 9.17) is 9.84 Å². The van der Waals surface area contributed by atoms with Crippen molar-refractivity contribution in [2.45, 2.75) is 77.2 Å². The van der Waals surface area contributed by atoms with E-state index in [-0.39, 0.29) is 24.2 Å². The van der Waals surface area contributed by atoms with Gasteiger partial charge in [-0.15, -0.1) is 0 Å². The van der Waals surface area contributed by atoms with Crippen molar-refractivity contribution in [2.75, 3.05) is 19.7 Å². The smallest absolute Gasteiger partial charge is 0.410 e. The van der Waals surface area contributed by atoms with E-state index in [0.29, 0.717) is 13.1 Å². The molecule has 3 rings (SSSR count). The average Bonchev–Trinajstić information content (AvgIpc) is 2.97. The topological polar surface area (TPSA) is 78.9 Å². The van der Waals surface area contributed by atoms with Crippen molar-refractivity contribution in [3.05, 3.63) is 34.9 Å². The minimum atomic E-state index is -1.24. The molecule has 1 heterocycles. The molecule has 1 saturated heterocycles. The molecule has 32 heavy (non-hydrogen) atoms. The van der Waals surface area contributed by atoms with Crippen molar-refractivity contribution >= 4 is 17.1 Å². The number of rotatable bonds is 2. The number of nitrogens with zero attached hydrogens (tertiary/aromatic N) is 1. The predicted octanol–water partition coefficient (Wildman–Crippen LogP) is 3.70. The van der Waals surface area contributed by atoms with Gasteiger partial charge in [0.05, 0.1) is 21.8 Å². The lowest BCUT2D eigenvalue weighted by Gasteiger charge is -2.44. The highest BCUT2D eigenvalue weighted by molar-refractivity contribution is 7.84. The van der Waals surface area contributed by atoms with Crippen molar-refractivity contribution < 1.29 is 18.8 Å². The van der Waals surface area contributed by atoms with Gasteiger partial charge in [-0.2, -0.15) is 0 Å². The third kappa shape index (κ3) is 5.54. The first-order chi connectivity index (χ1) is 14.8. The zero-order valence-corrected chi connectivity index (χ0v) is 20.9. The highest BCUT2D eigenvalue weighted by Gasteiger charge is 2.49. The molecule has 0 bridgehead atoms. The average molecular weight is 461 g/mol. The predicted molar refractivity (Wildman–Crippen MR) is 127 cm³/mol. The Hall–Kier alpha value is -1.88. The standard InChI is InChI=1S/C25H36N2O4S/c1-23(2,3)31-22(29)27-13-11-25(12-14-27)17-19-10-9-18(8-7-15-28)16-20(19)21(25)26-32(30)24(4,5)6/h9-10,16,21,26,28H,11-15,17H2,1-6H3/t21-,32-/m1/s1. The van der Waals surface area contributed by atoms with Gasteiger partial charge in [-0.05, 0) is 89.5 Å². The zero-order valence-electron chi connectivity index (χ0n) is 20.1. The van der Waals surface area contributed by atoms with Crippen molar-refractivity contribution in [2.24, 2.45) is 5.41 Å². The van der Waals surface area contributed by atoms with Gasteiger partial charge in [0.15, 0.2) is 0 Å². The Morgan fingerprint density at radius 1 is 1.25 bits per heavy atom. The van der Waals surface area contributed by atoms with E-state index in [1.54, 1.807) is 4.90 Å². The van der Waals surface area contributed by atoms with E-state index >= 15 is 0 Å². The van der Waals surface area contributed by atoms with Gasteiger partial charge >= 0.3 is 6.09 Å². The van der Waals surface area contributed by atoms with Crippen molar-refractivity contribution in [3.63, 3.8) is 0 Å². The van der Waals surface area contributed by atoms with Crippen LogP contribution in [0.15, 0.2) is 18.2 Å². The number of hydrogen-bond acceptors (Lipinski definition) is 4. The molecule has 7 heteroatoms. The Kier molecular flexibility index (Phi) is 7.09. The molecule has 0 saturated carbocycles. The molecule has 176 valence electrons. The summed E-state index contributed by atoms with van der Waals surface area (Å²) in [5.74, 6) is 5.70. The van der Waals surface area contributed by atoms with Gasteiger partial charge in [-0.25, -0.2) is 13.7 Å². The number of piperidine rings is 1. The molecule has 2 aliphatic rings. The third-order valence-electron chi connectivity index (χ3n) is 6.12. The highest BCUT2D eigenvalue weighted by atomic mass is 32.2. The quantitative estimate of drug-likeness (QED) is 0.660. The molecule has 1 fully saturated rings. The summed E-state index contributed by atoms with van der Waals surface area (Å²) >= 11 is 0. The SMILES string of the molecule is CC(C)(C)OC(=O)N1CCC2(CC1)Cc1ccc(C#CCO)cc1[C@H]2N[S@](=O)C(C)(C)C. The van der Waals surface area contributed by atoms with Gasteiger partial charge in [0.2, 0.25) is 0 Å². The van der Waals surface area contributed by atoms with Gasteiger partial charge in [0.25, 0.3) is 0 Å². The second kappa shape index (κ2) is 9.17. The van der Waals surface area contributed by atoms with E-state index in [0.717, 1.165) is 30.4 Å². The monoisotopic (exact) mass is 460 g/mol. The molecule has 1 aromatic carbocycles. The van der Waals surface area contributed by atoms with Gasteiger partial charge < -0.3 is 14.7 Å². The van der Waals surface area contributed by atoms with Crippen LogP contribution in [0.2, 0.25) is 0 Å². The molecule has 2 N–H and O–H groups in total. The van der Waals surface area contributed by atoms with Crippen LogP contribution in [0.1, 0.15) is 77.1 Å². The van der Waals surface area contributed by atoms with Crippen molar-refractivity contribution in [1.82, 2.24) is 9.62 Å². The van der Waals surface area contributed by atoms with Gasteiger partial charge in [0.1, 0.15) is 12.2 Å². The Labute approximate surface area is 194 Å². The molecule has 0 aromatic heterocycles. The first-order valence-corrected chi connectivity index (χ1v) is 12.4. The van der Waals surface area contributed by atoms with E-state index in [2.05, 4.69) is 28.7 Å². The van der Waals surface area contributed by atoms with Crippen LogP contribution >= 0.6 is 0 Å². The van der Waals surface area contributed by atoms with Crippen LogP contribution in [0.4, 0.5) is 4.79 Å². The molecule has 1 aliphatic heterocycles. The maximum absolute atomic E-state index is 13.1. The molecule has 6 nitrogen and oxygen atoms in total. The minimum Gasteiger partial charge on any atom is -0.444 e. The first kappa shape index (κ1) is 24.8. The van der Waals surface area contributed by atoms with E-state index in [9.17, 15) is 9.00 Å². The summed E-state index contributed by atoms with van der Waals surface area (Å²) in [5, 5.41) is 9.05. The van der Waals surface area contributed by atoms with Crippen LogP contribution in [0.25, 0.3) is 0 Å². The largest absolute Gasteiger partial charge is 0.444 e. The van der Waals surface area contributed by atoms with Crippen LogP contribution in [-0.4, -0.2) is 50.4 Å². The van der Waals surface area contributed by atoms with Crippen LogP contribution in [0.3, 0.4) is 0 Å². The van der Waals surface area contributed by atoms with E-state index in [1.165, 1.54) is 5.56 Å². The number of aliphatic hydroxyl groups excluding tert-OH is 1. The third-order valence-corrected chi connectivity index (χ3v) is 7.68. The zero-order chi connectivity index (χ0) is 23.7. The van der Waals surface area contributed by atoms with Crippen LogP contribution in [0.5, 0.6) is 0 Å². The van der Waals surface area contributed by atoms with Crippen LogP contribution in [0, 0.1) is 17.3 Å². The number of ether oxygens (including phenoxy) is 1. The first-order valence-electron chi connectivity index (χ1n) is 11.2. The summed E-state index contributed by atoms with van der Waals surface area (Å²) in [5.41, 5.74) is 2.56. The fraction of sp³-hybridized carbons (Fsp3) is 0.640. The number of aliphatic hydroxyl groups is 1. The summed E-state index contributed by atoms with van der Waals surface area (Å²) in [6.45, 7) is 12.6. The Morgan fingerprint density at radius 3 is 2.47 bits per heavy atom. The Balaban J connectivity index is 1.87. The summed E-state index contributed by atoms with van der Waals surface area (Å²) < 4.78 is 21.7. The number of likely N-dealkylation sites (tertiary alicyclic amines) is 1. The number of amides is 1. The highest BCUT2D eigenvalue weighted by Crippen LogP contribution is 2.52. The minimum absolute atomic E-state index is 0.0887. The Bertz CT molecular complexity index is 941. The summed E-state index contributed by atoms with van der Waals surface area (Å²) in [6.07, 6.45) is 2.21. The molecule has 1 aliphatic carbocycles. The fourth-order valence-electron chi connectivity index (χ4n) is 4.45. The van der Waals surface area contributed by atoms with Gasteiger partial charge in [-0.3, -0.25) is 0 Å². The lowest BCUT2D eigenvalue weighted by molar-refractivity contribution is 0.00724. The van der Waals surface area contributed by atoms with Gasteiger partial charge in [-0.1, -0.05) is 17.9 Å². The lowest BCUT2D eigenvalue weighted by atomic mass is 9.73. The summed E-state index contributed by atoms with van der Waals surface area (Å²) in [7, 11) is -1.24. The number of carbonyl (C=O) groups excluding carboxylic acids is 1. The summed E-state index contributed by atoms with van der Waals surface area (Å²) in [4.78, 5) is 14.4. The fourth-order valence-corrected chi connectivity index (χ4v) is 5.40. The molecule has 2 atom stereocenters. The number of benzene rings is 1. The van der Waals surface area contributed by atoms with Gasteiger partial charge in [0, 0.05) is 18.7 Å². The number of hydrogen-bond donors (Lipinski definition) is 2. The van der Waals surface area contributed by atoms with E-state index < -0.39 is 21.3 Å². The molecular formula is C25H36N2O4S. The maximum atomic E-state index is 13.1. The van der Waals surface area contributed by atoms with Crippen LogP contribution < -0.4 is 4.72 Å². The Morgan fingerprint density at radius 2 is 1.91 bits per heavy atom. The van der Waals surface area contributed by atoms with Crippen molar-refractivity contribution in [1.29, 1.82) is 0 Å². The number of fused-ring (bicyclic) bond motifs is 1. The normalized spacial score (nSPS) is 21.0. The second-order valence-electron chi connectivity index (χ2n) is 10.8. The number of nitrogens with one attached hydrogen (secondary N) is 1. The molecule has 1 aromatic rings. The maximum Gasteiger partial charge on any atom is 0.410 e. The number of carbonyl (C=O) groups is 1. The van der Waals surface area contributed by atoms with Crippen molar-refractivity contribution in [3.8, 4) is 11.8 Å². The van der Waals surface area contributed by atoms with E-state index in [1.807, 2.05) is 47.6 Å². The van der Waals surface area contributed by atoms with Crippen LogP contribution in [-0.2, 0) is 22.1 Å². The molecule has 0 radical (unpaired) electrons.